The third-order valence-electron chi connectivity index (χ3n) is 4.17. The number of aromatic nitrogens is 3. The van der Waals surface area contributed by atoms with Crippen molar-refractivity contribution in [1.29, 1.82) is 0 Å². The van der Waals surface area contributed by atoms with E-state index in [-0.39, 0.29) is 12.3 Å². The molecule has 0 aliphatic carbocycles. The average molecular weight is 457 g/mol. The van der Waals surface area contributed by atoms with E-state index in [0.29, 0.717) is 21.9 Å². The number of thiazole rings is 1. The quantitative estimate of drug-likeness (QED) is 0.363. The van der Waals surface area contributed by atoms with Crippen LogP contribution in [0.3, 0.4) is 0 Å². The highest BCUT2D eigenvalue weighted by molar-refractivity contribution is 7.98. The second kappa shape index (κ2) is 9.42. The molecule has 0 fully saturated rings. The molecule has 1 N–H and O–H groups in total. The number of anilines is 1. The molecular weight excluding hydrogens is 440 g/mol. The lowest BCUT2D eigenvalue weighted by molar-refractivity contribution is -0.115. The van der Waals surface area contributed by atoms with Crippen LogP contribution in [0.15, 0.2) is 63.6 Å². The number of hydrogen-bond acceptors (Lipinski definition) is 7. The first-order valence-electron chi connectivity index (χ1n) is 9.08. The molecule has 30 heavy (non-hydrogen) atoms. The summed E-state index contributed by atoms with van der Waals surface area (Å²) >= 11 is 8.77. The maximum Gasteiger partial charge on any atom is 0.277 e. The van der Waals surface area contributed by atoms with Gasteiger partial charge in [-0.15, -0.1) is 21.5 Å². The van der Waals surface area contributed by atoms with E-state index in [4.69, 9.17) is 16.0 Å². The van der Waals surface area contributed by atoms with Gasteiger partial charge in [0, 0.05) is 27.4 Å². The summed E-state index contributed by atoms with van der Waals surface area (Å²) in [4.78, 5) is 16.8. The van der Waals surface area contributed by atoms with Crippen molar-refractivity contribution in [3.63, 3.8) is 0 Å². The number of para-hydroxylation sites is 1. The van der Waals surface area contributed by atoms with Crippen molar-refractivity contribution in [3.05, 3.63) is 75.2 Å². The number of carbonyl (C=O) groups excluding carboxylic acids is 1. The Bertz CT molecular complexity index is 1160. The van der Waals surface area contributed by atoms with Gasteiger partial charge in [0.1, 0.15) is 5.01 Å². The molecule has 6 nitrogen and oxygen atoms in total. The van der Waals surface area contributed by atoms with Gasteiger partial charge in [0.25, 0.3) is 5.22 Å². The van der Waals surface area contributed by atoms with Crippen LogP contribution in [-0.2, 0) is 17.0 Å². The molecule has 0 saturated heterocycles. The van der Waals surface area contributed by atoms with Gasteiger partial charge in [-0.1, -0.05) is 41.6 Å². The first-order valence-corrected chi connectivity index (χ1v) is 11.3. The number of hydrogen-bond donors (Lipinski definition) is 1. The lowest BCUT2D eigenvalue weighted by atomic mass is 10.2. The molecule has 0 bridgehead atoms. The summed E-state index contributed by atoms with van der Waals surface area (Å²) in [7, 11) is 0. The van der Waals surface area contributed by atoms with Crippen molar-refractivity contribution in [2.45, 2.75) is 24.3 Å². The molecule has 0 aliphatic rings. The van der Waals surface area contributed by atoms with Crippen LogP contribution in [-0.4, -0.2) is 21.1 Å². The topological polar surface area (TPSA) is 80.9 Å². The van der Waals surface area contributed by atoms with Crippen molar-refractivity contribution < 1.29 is 9.21 Å². The van der Waals surface area contributed by atoms with Crippen LogP contribution in [0.4, 0.5) is 5.69 Å². The van der Waals surface area contributed by atoms with Crippen molar-refractivity contribution in [3.8, 4) is 11.5 Å². The summed E-state index contributed by atoms with van der Waals surface area (Å²) in [6.07, 6.45) is 0.241. The first-order chi connectivity index (χ1) is 14.6. The van der Waals surface area contributed by atoms with E-state index >= 15 is 0 Å². The van der Waals surface area contributed by atoms with Crippen molar-refractivity contribution in [1.82, 2.24) is 15.2 Å². The summed E-state index contributed by atoms with van der Waals surface area (Å²) in [5.41, 5.74) is 3.53. The summed E-state index contributed by atoms with van der Waals surface area (Å²) in [5.74, 6) is 0.946. The van der Waals surface area contributed by atoms with Gasteiger partial charge in [-0.2, -0.15) is 0 Å². The summed E-state index contributed by atoms with van der Waals surface area (Å²) in [6, 6.07) is 14.9. The Morgan fingerprint density at radius 3 is 2.77 bits per heavy atom. The van der Waals surface area contributed by atoms with E-state index in [1.807, 2.05) is 48.7 Å². The van der Waals surface area contributed by atoms with Gasteiger partial charge >= 0.3 is 0 Å². The molecule has 0 atom stereocenters. The Labute approximate surface area is 186 Å². The lowest BCUT2D eigenvalue weighted by Gasteiger charge is -2.06. The SMILES string of the molecule is Cc1ccccc1NC(=O)Cc1nc(CSc2nnc(-c3ccc(Cl)cc3)o2)cs1. The fourth-order valence-corrected chi connectivity index (χ4v) is 4.33. The number of nitrogens with zero attached hydrogens (tertiary/aromatic N) is 3. The van der Waals surface area contributed by atoms with Crippen LogP contribution in [0, 0.1) is 6.92 Å². The fourth-order valence-electron chi connectivity index (χ4n) is 2.65. The zero-order valence-electron chi connectivity index (χ0n) is 16.0. The third-order valence-corrected chi connectivity index (χ3v) is 6.17. The molecule has 0 aliphatic heterocycles. The Hall–Kier alpha value is -2.68. The first kappa shape index (κ1) is 20.6. The van der Waals surface area contributed by atoms with Crippen LogP contribution in [0.5, 0.6) is 0 Å². The van der Waals surface area contributed by atoms with Crippen LogP contribution >= 0.6 is 34.7 Å². The van der Waals surface area contributed by atoms with Crippen LogP contribution < -0.4 is 5.32 Å². The number of benzene rings is 2. The highest BCUT2D eigenvalue weighted by Crippen LogP contribution is 2.27. The fraction of sp³-hybridized carbons (Fsp3) is 0.143. The molecule has 0 radical (unpaired) electrons. The van der Waals surface area contributed by atoms with E-state index < -0.39 is 0 Å². The van der Waals surface area contributed by atoms with Crippen LogP contribution in [0.2, 0.25) is 5.02 Å². The van der Waals surface area contributed by atoms with E-state index in [2.05, 4.69) is 20.5 Å². The molecule has 1 amide bonds. The molecule has 152 valence electrons. The molecular formula is C21H17ClN4O2S2. The zero-order valence-corrected chi connectivity index (χ0v) is 18.4. The molecule has 2 heterocycles. The maximum atomic E-state index is 12.3. The Balaban J connectivity index is 1.31. The summed E-state index contributed by atoms with van der Waals surface area (Å²) in [5, 5.41) is 14.9. The smallest absolute Gasteiger partial charge is 0.277 e. The highest BCUT2D eigenvalue weighted by atomic mass is 35.5. The average Bonchev–Trinajstić information content (AvgIpc) is 3.38. The molecule has 0 unspecified atom stereocenters. The van der Waals surface area contributed by atoms with E-state index in [0.717, 1.165) is 27.5 Å². The van der Waals surface area contributed by atoms with Crippen LogP contribution in [0.25, 0.3) is 11.5 Å². The molecule has 0 saturated carbocycles. The number of aryl methyl sites for hydroxylation is 1. The number of carbonyl (C=O) groups is 1. The van der Waals surface area contributed by atoms with Gasteiger partial charge in [0.15, 0.2) is 0 Å². The molecule has 9 heteroatoms. The summed E-state index contributed by atoms with van der Waals surface area (Å²) < 4.78 is 5.69. The van der Waals surface area contributed by atoms with Gasteiger partial charge in [-0.25, -0.2) is 4.98 Å². The normalized spacial score (nSPS) is 10.9. The number of thioether (sulfide) groups is 1. The highest BCUT2D eigenvalue weighted by Gasteiger charge is 2.12. The maximum absolute atomic E-state index is 12.3. The Kier molecular flexibility index (Phi) is 6.47. The van der Waals surface area contributed by atoms with Crippen molar-refractivity contribution >= 4 is 46.3 Å². The monoisotopic (exact) mass is 456 g/mol. The van der Waals surface area contributed by atoms with Gasteiger partial charge in [-0.05, 0) is 42.8 Å². The Morgan fingerprint density at radius 1 is 1.17 bits per heavy atom. The van der Waals surface area contributed by atoms with Gasteiger partial charge in [0.05, 0.1) is 12.1 Å². The lowest BCUT2D eigenvalue weighted by Crippen LogP contribution is -2.15. The van der Waals surface area contributed by atoms with Gasteiger partial charge in [-0.3, -0.25) is 4.79 Å². The number of rotatable bonds is 7. The second-order valence-electron chi connectivity index (χ2n) is 6.44. The van der Waals surface area contributed by atoms with Gasteiger partial charge < -0.3 is 9.73 Å². The largest absolute Gasteiger partial charge is 0.411 e. The minimum Gasteiger partial charge on any atom is -0.411 e. The predicted octanol–water partition coefficient (Wildman–Crippen LogP) is 5.63. The van der Waals surface area contributed by atoms with E-state index in [1.165, 1.54) is 23.1 Å². The van der Waals surface area contributed by atoms with E-state index in [1.54, 1.807) is 12.1 Å². The molecule has 4 rings (SSSR count). The number of amides is 1. The minimum atomic E-state index is -0.0811. The second-order valence-corrected chi connectivity index (χ2v) is 8.75. The number of halogens is 1. The van der Waals surface area contributed by atoms with Crippen LogP contribution in [0.1, 0.15) is 16.3 Å². The van der Waals surface area contributed by atoms with Crippen molar-refractivity contribution in [2.24, 2.45) is 0 Å². The molecule has 4 aromatic rings. The third kappa shape index (κ3) is 5.27. The standard InChI is InChI=1S/C21H17ClN4O2S2/c1-13-4-2-3-5-17(13)24-18(27)10-19-23-16(11-29-19)12-30-21-26-25-20(28-21)14-6-8-15(22)9-7-14/h2-9,11H,10,12H2,1H3,(H,24,27). The van der Waals surface area contributed by atoms with Crippen molar-refractivity contribution in [2.75, 3.05) is 5.32 Å². The zero-order chi connectivity index (χ0) is 20.9. The summed E-state index contributed by atoms with van der Waals surface area (Å²) in [6.45, 7) is 1.96. The number of nitrogens with one attached hydrogen (secondary N) is 1. The van der Waals surface area contributed by atoms with Gasteiger partial charge in [0.2, 0.25) is 11.8 Å². The minimum absolute atomic E-state index is 0.0811. The molecule has 2 aromatic heterocycles. The predicted molar refractivity (Wildman–Crippen MR) is 120 cm³/mol. The Morgan fingerprint density at radius 2 is 1.97 bits per heavy atom. The molecule has 0 spiro atoms. The molecule has 2 aromatic carbocycles. The van der Waals surface area contributed by atoms with E-state index in [9.17, 15) is 4.79 Å².